The van der Waals surface area contributed by atoms with E-state index in [0.717, 1.165) is 5.56 Å². The normalized spacial score (nSPS) is 31.4. The number of rotatable bonds is 3. The van der Waals surface area contributed by atoms with Crippen LogP contribution in [-0.2, 0) is 14.3 Å². The number of anilines is 1. The molecule has 2 saturated heterocycles. The Bertz CT molecular complexity index is 587. The Morgan fingerprint density at radius 2 is 1.48 bits per heavy atom. The highest BCUT2D eigenvalue weighted by atomic mass is 16.5. The molecule has 4 atom stereocenters. The second-order valence-electron chi connectivity index (χ2n) is 5.44. The van der Waals surface area contributed by atoms with Gasteiger partial charge in [-0.3, -0.25) is 9.59 Å². The topological polar surface area (TPSA) is 46.6 Å². The van der Waals surface area contributed by atoms with E-state index in [1.54, 1.807) is 24.3 Å². The molecular formula is C17H17NO3. The molecule has 4 unspecified atom stereocenters. The number of benzene rings is 1. The Balaban J connectivity index is 2.01. The first-order chi connectivity index (χ1) is 10.1. The molecule has 0 radical (unpaired) electrons. The van der Waals surface area contributed by atoms with Gasteiger partial charge in [-0.05, 0) is 19.1 Å². The summed E-state index contributed by atoms with van der Waals surface area (Å²) in [4.78, 5) is 26.6. The van der Waals surface area contributed by atoms with Crippen molar-refractivity contribution in [3.05, 3.63) is 55.1 Å². The summed E-state index contributed by atoms with van der Waals surface area (Å²) in [7, 11) is 0. The van der Waals surface area contributed by atoms with Crippen molar-refractivity contribution in [3.8, 4) is 0 Å². The smallest absolute Gasteiger partial charge is 0.240 e. The maximum atomic E-state index is 12.7. The summed E-state index contributed by atoms with van der Waals surface area (Å²) < 4.78 is 5.67. The van der Waals surface area contributed by atoms with E-state index in [1.165, 1.54) is 4.90 Å². The van der Waals surface area contributed by atoms with Crippen LogP contribution in [0.25, 0.3) is 0 Å². The van der Waals surface area contributed by atoms with Crippen molar-refractivity contribution >= 4 is 17.5 Å². The SMILES string of the molecule is C=CC1OC(C=C)C2C(=O)N(c3ccc(C)cc3)C(=O)C12. The Labute approximate surface area is 123 Å². The molecule has 0 saturated carbocycles. The predicted molar refractivity (Wildman–Crippen MR) is 79.7 cm³/mol. The van der Waals surface area contributed by atoms with Crippen LogP contribution in [0, 0.1) is 18.8 Å². The number of carbonyl (C=O) groups is 2. The van der Waals surface area contributed by atoms with E-state index in [9.17, 15) is 9.59 Å². The number of hydrogen-bond donors (Lipinski definition) is 0. The zero-order valence-corrected chi connectivity index (χ0v) is 11.9. The highest BCUT2D eigenvalue weighted by Crippen LogP contribution is 2.42. The minimum Gasteiger partial charge on any atom is -0.365 e. The highest BCUT2D eigenvalue weighted by Gasteiger charge is 2.58. The standard InChI is InChI=1S/C17H17NO3/c1-4-12-14-15(13(5-2)21-12)17(20)18(16(14)19)11-8-6-10(3)7-9-11/h4-9,12-15H,1-2H2,3H3. The minimum atomic E-state index is -0.501. The summed E-state index contributed by atoms with van der Waals surface area (Å²) in [6, 6.07) is 7.35. The van der Waals surface area contributed by atoms with Gasteiger partial charge in [-0.25, -0.2) is 4.90 Å². The summed E-state index contributed by atoms with van der Waals surface area (Å²) in [6.07, 6.45) is 2.30. The van der Waals surface area contributed by atoms with Crippen molar-refractivity contribution in [3.63, 3.8) is 0 Å². The molecule has 2 aliphatic rings. The van der Waals surface area contributed by atoms with Crippen LogP contribution in [0.1, 0.15) is 5.56 Å². The lowest BCUT2D eigenvalue weighted by atomic mass is 9.89. The van der Waals surface area contributed by atoms with Gasteiger partial charge in [0.1, 0.15) is 0 Å². The van der Waals surface area contributed by atoms with Gasteiger partial charge in [-0.15, -0.1) is 13.2 Å². The van der Waals surface area contributed by atoms with Gasteiger partial charge in [0.15, 0.2) is 0 Å². The predicted octanol–water partition coefficient (Wildman–Crippen LogP) is 2.24. The molecule has 1 aromatic rings. The third-order valence-electron chi connectivity index (χ3n) is 4.18. The number of amides is 2. The van der Waals surface area contributed by atoms with Gasteiger partial charge in [-0.1, -0.05) is 29.8 Å². The number of carbonyl (C=O) groups excluding carboxylic acids is 2. The Kier molecular flexibility index (Phi) is 3.26. The minimum absolute atomic E-state index is 0.219. The van der Waals surface area contributed by atoms with Crippen LogP contribution < -0.4 is 4.90 Å². The lowest BCUT2D eigenvalue weighted by Crippen LogP contribution is -2.35. The van der Waals surface area contributed by atoms with Gasteiger partial charge < -0.3 is 4.74 Å². The molecule has 0 aliphatic carbocycles. The molecule has 2 fully saturated rings. The Morgan fingerprint density at radius 1 is 1.00 bits per heavy atom. The van der Waals surface area contributed by atoms with E-state index in [4.69, 9.17) is 4.74 Å². The van der Waals surface area contributed by atoms with E-state index >= 15 is 0 Å². The highest BCUT2D eigenvalue weighted by molar-refractivity contribution is 6.22. The second-order valence-corrected chi connectivity index (χ2v) is 5.44. The number of fused-ring (bicyclic) bond motifs is 1. The average Bonchev–Trinajstić information content (AvgIpc) is 2.98. The van der Waals surface area contributed by atoms with Crippen LogP contribution in [0.2, 0.25) is 0 Å². The largest absolute Gasteiger partial charge is 0.365 e. The van der Waals surface area contributed by atoms with Gasteiger partial charge in [-0.2, -0.15) is 0 Å². The summed E-state index contributed by atoms with van der Waals surface area (Å²) >= 11 is 0. The molecule has 0 aromatic heterocycles. The Morgan fingerprint density at radius 3 is 1.90 bits per heavy atom. The maximum absolute atomic E-state index is 12.7. The number of hydrogen-bond acceptors (Lipinski definition) is 3. The van der Waals surface area contributed by atoms with Crippen LogP contribution >= 0.6 is 0 Å². The third-order valence-corrected chi connectivity index (χ3v) is 4.18. The van der Waals surface area contributed by atoms with Gasteiger partial charge in [0, 0.05) is 0 Å². The fourth-order valence-electron chi connectivity index (χ4n) is 3.11. The quantitative estimate of drug-likeness (QED) is 0.631. The summed E-state index contributed by atoms with van der Waals surface area (Å²) in [6.45, 7) is 9.36. The average molecular weight is 283 g/mol. The molecule has 21 heavy (non-hydrogen) atoms. The molecule has 0 spiro atoms. The fourth-order valence-corrected chi connectivity index (χ4v) is 3.11. The second kappa shape index (κ2) is 4.97. The first kappa shape index (κ1) is 13.8. The summed E-state index contributed by atoms with van der Waals surface area (Å²) in [5, 5.41) is 0. The molecule has 4 nitrogen and oxygen atoms in total. The van der Waals surface area contributed by atoms with Crippen LogP contribution in [-0.4, -0.2) is 24.0 Å². The molecule has 108 valence electrons. The number of ether oxygens (including phenoxy) is 1. The zero-order chi connectivity index (χ0) is 15.1. The monoisotopic (exact) mass is 283 g/mol. The van der Waals surface area contributed by atoms with Crippen LogP contribution in [0.5, 0.6) is 0 Å². The summed E-state index contributed by atoms with van der Waals surface area (Å²) in [5.41, 5.74) is 1.69. The van der Waals surface area contributed by atoms with Crippen LogP contribution in [0.15, 0.2) is 49.6 Å². The van der Waals surface area contributed by atoms with E-state index in [2.05, 4.69) is 13.2 Å². The van der Waals surface area contributed by atoms with Crippen molar-refractivity contribution < 1.29 is 14.3 Å². The van der Waals surface area contributed by atoms with Gasteiger partial charge in [0.2, 0.25) is 11.8 Å². The molecule has 3 rings (SSSR count). The molecule has 0 bridgehead atoms. The van der Waals surface area contributed by atoms with E-state index in [0.29, 0.717) is 5.69 Å². The van der Waals surface area contributed by atoms with Crippen molar-refractivity contribution in [1.82, 2.24) is 0 Å². The van der Waals surface area contributed by atoms with Gasteiger partial charge in [0.05, 0.1) is 29.7 Å². The zero-order valence-electron chi connectivity index (χ0n) is 11.9. The molecule has 2 amide bonds. The summed E-state index contributed by atoms with van der Waals surface area (Å²) in [5.74, 6) is -1.44. The Hall–Kier alpha value is -2.20. The molecule has 4 heteroatoms. The van der Waals surface area contributed by atoms with E-state index < -0.39 is 24.0 Å². The van der Waals surface area contributed by atoms with Crippen molar-refractivity contribution in [1.29, 1.82) is 0 Å². The first-order valence-electron chi connectivity index (χ1n) is 6.93. The lowest BCUT2D eigenvalue weighted by molar-refractivity contribution is -0.124. The fraction of sp³-hybridized carbons (Fsp3) is 0.294. The van der Waals surface area contributed by atoms with Crippen molar-refractivity contribution in [2.24, 2.45) is 11.8 Å². The van der Waals surface area contributed by atoms with E-state index in [-0.39, 0.29) is 11.8 Å². The molecule has 2 aliphatic heterocycles. The first-order valence-corrected chi connectivity index (χ1v) is 6.93. The molecular weight excluding hydrogens is 266 g/mol. The van der Waals surface area contributed by atoms with Gasteiger partial charge >= 0.3 is 0 Å². The van der Waals surface area contributed by atoms with Crippen LogP contribution in [0.4, 0.5) is 5.69 Å². The number of aryl methyl sites for hydroxylation is 1. The number of nitrogens with zero attached hydrogens (tertiary/aromatic N) is 1. The maximum Gasteiger partial charge on any atom is 0.240 e. The molecule has 1 aromatic carbocycles. The van der Waals surface area contributed by atoms with Crippen molar-refractivity contribution in [2.45, 2.75) is 19.1 Å². The van der Waals surface area contributed by atoms with Crippen molar-refractivity contribution in [2.75, 3.05) is 4.90 Å². The van der Waals surface area contributed by atoms with Gasteiger partial charge in [0.25, 0.3) is 0 Å². The molecule has 2 heterocycles. The van der Waals surface area contributed by atoms with Crippen LogP contribution in [0.3, 0.4) is 0 Å². The lowest BCUT2D eigenvalue weighted by Gasteiger charge is -2.19. The number of imide groups is 1. The third kappa shape index (κ3) is 1.94. The van der Waals surface area contributed by atoms with E-state index in [1.807, 2.05) is 19.1 Å². The molecule has 0 N–H and O–H groups in total.